The van der Waals surface area contributed by atoms with Crippen LogP contribution in [0.1, 0.15) is 0 Å². The second-order valence-electron chi connectivity index (χ2n) is 4.31. The molecule has 0 aromatic rings. The van der Waals surface area contributed by atoms with Gasteiger partial charge < -0.3 is 0 Å². The van der Waals surface area contributed by atoms with E-state index >= 15 is 0 Å². The molecule has 0 rings (SSSR count). The van der Waals surface area contributed by atoms with Crippen LogP contribution in [0.25, 0.3) is 0 Å². The summed E-state index contributed by atoms with van der Waals surface area (Å²) in [6.07, 6.45) is 0. The Bertz CT molecular complexity index is 130. The van der Waals surface area contributed by atoms with Gasteiger partial charge >= 0.3 is 82.5 Å². The van der Waals surface area contributed by atoms with E-state index in [2.05, 4.69) is 40.0 Å². The van der Waals surface area contributed by atoms with Gasteiger partial charge in [0.25, 0.3) is 0 Å². The van der Waals surface area contributed by atoms with Gasteiger partial charge in [-0.25, -0.2) is 0 Å². The van der Waals surface area contributed by atoms with Crippen LogP contribution in [0.15, 0.2) is 0 Å². The molecule has 0 aliphatic rings. The van der Waals surface area contributed by atoms with Crippen molar-refractivity contribution in [1.82, 2.24) is 0 Å². The molecule has 0 aliphatic heterocycles. The predicted molar refractivity (Wildman–Crippen MR) is 63.9 cm³/mol. The number of hydrogen-bond donors (Lipinski definition) is 0. The molecule has 0 atom stereocenters. The number of halogens is 2. The molecule has 0 N–H and O–H groups in total. The summed E-state index contributed by atoms with van der Waals surface area (Å²) in [7, 11) is 13.1. The second-order valence-corrected chi connectivity index (χ2v) is 59.1. The molecule has 11 heavy (non-hydrogen) atoms. The molecule has 0 spiro atoms. The first kappa shape index (κ1) is 13.1. The first-order valence-electron chi connectivity index (χ1n) is 3.56. The molecule has 5 heteroatoms. The van der Waals surface area contributed by atoms with Crippen LogP contribution in [0.5, 0.6) is 0 Å². The molecule has 0 bridgehead atoms. The SMILES string of the molecule is C[PH](C)(C)[Pt]([Cl])([Cl])[PH](C)(C)C. The van der Waals surface area contributed by atoms with Gasteiger partial charge in [-0.3, -0.25) is 0 Å². The molecule has 0 saturated heterocycles. The van der Waals surface area contributed by atoms with Crippen LogP contribution in [0.2, 0.25) is 0 Å². The molecule has 0 heterocycles. The van der Waals surface area contributed by atoms with Crippen molar-refractivity contribution in [3.63, 3.8) is 0 Å². The van der Waals surface area contributed by atoms with Crippen LogP contribution in [0.4, 0.5) is 0 Å². The monoisotopic (exact) mass is 419 g/mol. The number of rotatable bonds is 2. The predicted octanol–water partition coefficient (Wildman–Crippen LogP) is 3.56. The fraction of sp³-hybridized carbons (Fsp3) is 1.00. The average molecular weight is 420 g/mol. The molecule has 0 radical (unpaired) electrons. The maximum absolute atomic E-state index is 6.56. The van der Waals surface area contributed by atoms with Crippen molar-refractivity contribution in [2.45, 2.75) is 0 Å². The van der Waals surface area contributed by atoms with E-state index in [9.17, 15) is 0 Å². The van der Waals surface area contributed by atoms with E-state index < -0.39 is 23.7 Å². The molecule has 0 unspecified atom stereocenters. The van der Waals surface area contributed by atoms with Crippen molar-refractivity contribution in [2.24, 2.45) is 0 Å². The minimum absolute atomic E-state index is 1.25. The summed E-state index contributed by atoms with van der Waals surface area (Å²) in [5, 5.41) is -2.49. The minimum atomic E-state index is -2.33. The summed E-state index contributed by atoms with van der Waals surface area (Å²) in [5.74, 6) is 0. The topological polar surface area (TPSA) is 0 Å². The molecule has 0 aromatic heterocycles. The zero-order chi connectivity index (χ0) is 9.50. The molecular formula is C6H20Cl2P2Pt. The summed E-state index contributed by atoms with van der Waals surface area (Å²) in [6, 6.07) is 0. The summed E-state index contributed by atoms with van der Waals surface area (Å²) >= 11 is -2.33. The van der Waals surface area contributed by atoms with Gasteiger partial charge in [0.2, 0.25) is 0 Å². The first-order valence-corrected chi connectivity index (χ1v) is 22.6. The van der Waals surface area contributed by atoms with E-state index in [0.29, 0.717) is 0 Å². The summed E-state index contributed by atoms with van der Waals surface area (Å²) in [6.45, 7) is 13.8. The third-order valence-electron chi connectivity index (χ3n) is 1.19. The third kappa shape index (κ3) is 3.07. The zero-order valence-corrected chi connectivity index (χ0v) is 13.9. The normalized spacial score (nSPS) is 19.6. The van der Waals surface area contributed by atoms with Crippen molar-refractivity contribution in [3.8, 4) is 0 Å². The van der Waals surface area contributed by atoms with Gasteiger partial charge in [0.15, 0.2) is 0 Å². The Labute approximate surface area is 82.1 Å². The Balaban J connectivity index is 4.75. The Kier molecular flexibility index (Phi) is 4.42. The van der Waals surface area contributed by atoms with Gasteiger partial charge in [0.05, 0.1) is 0 Å². The fourth-order valence-electron chi connectivity index (χ4n) is 0.712. The van der Waals surface area contributed by atoms with Gasteiger partial charge in [0.1, 0.15) is 0 Å². The van der Waals surface area contributed by atoms with Crippen molar-refractivity contribution in [3.05, 3.63) is 0 Å². The van der Waals surface area contributed by atoms with E-state index in [0.717, 1.165) is 0 Å². The molecule has 0 aromatic carbocycles. The van der Waals surface area contributed by atoms with Crippen LogP contribution in [0.3, 0.4) is 0 Å². The van der Waals surface area contributed by atoms with Crippen LogP contribution in [-0.4, -0.2) is 40.0 Å². The molecule has 0 amide bonds. The third-order valence-corrected chi connectivity index (χ3v) is 87.8. The van der Waals surface area contributed by atoms with Crippen LogP contribution >= 0.6 is 29.5 Å². The summed E-state index contributed by atoms with van der Waals surface area (Å²) < 4.78 is 0. The van der Waals surface area contributed by atoms with Gasteiger partial charge in [-0.05, 0) is 0 Å². The Morgan fingerprint density at radius 3 is 0.909 bits per heavy atom. The van der Waals surface area contributed by atoms with E-state index in [1.54, 1.807) is 0 Å². The molecule has 0 aliphatic carbocycles. The zero-order valence-electron chi connectivity index (χ0n) is 8.07. The molecule has 0 nitrogen and oxygen atoms in total. The van der Waals surface area contributed by atoms with E-state index in [4.69, 9.17) is 18.8 Å². The quantitative estimate of drug-likeness (QED) is 0.600. The van der Waals surface area contributed by atoms with Crippen molar-refractivity contribution < 1.29 is 13.0 Å². The van der Waals surface area contributed by atoms with Gasteiger partial charge in [-0.2, -0.15) is 0 Å². The van der Waals surface area contributed by atoms with Crippen molar-refractivity contribution >= 4 is 29.5 Å². The molecule has 0 saturated carbocycles. The van der Waals surface area contributed by atoms with E-state index in [-0.39, 0.29) is 0 Å². The first-order chi connectivity index (χ1) is 4.50. The Hall–Kier alpha value is 2.13. The number of hydrogen-bond acceptors (Lipinski definition) is 0. The van der Waals surface area contributed by atoms with Gasteiger partial charge in [0, 0.05) is 0 Å². The summed E-state index contributed by atoms with van der Waals surface area (Å²) in [4.78, 5) is 0. The standard InChI is InChI=1S/2C3H9P.2ClH.Pt/c2*1-4(2)3;;;/h2*1-3H3;2*1H;. The molecule has 78 valence electrons. The van der Waals surface area contributed by atoms with Crippen molar-refractivity contribution in [1.29, 1.82) is 0 Å². The maximum atomic E-state index is 6.56. The van der Waals surface area contributed by atoms with E-state index in [1.165, 1.54) is 0 Å². The van der Waals surface area contributed by atoms with Crippen LogP contribution in [0, 0.1) is 0 Å². The molecule has 0 fully saturated rings. The van der Waals surface area contributed by atoms with Gasteiger partial charge in [-0.1, -0.05) is 0 Å². The second kappa shape index (κ2) is 3.71. The van der Waals surface area contributed by atoms with Crippen LogP contribution in [-0.2, 0) is 13.0 Å². The summed E-state index contributed by atoms with van der Waals surface area (Å²) in [5.41, 5.74) is 0. The van der Waals surface area contributed by atoms with Gasteiger partial charge in [-0.15, -0.1) is 0 Å². The Morgan fingerprint density at radius 1 is 0.727 bits per heavy atom. The molecular weight excluding hydrogens is 400 g/mol. The fourth-order valence-corrected chi connectivity index (χ4v) is 52.4. The van der Waals surface area contributed by atoms with Crippen molar-refractivity contribution in [2.75, 3.05) is 40.0 Å². The van der Waals surface area contributed by atoms with E-state index in [1.807, 2.05) is 0 Å². The Morgan fingerprint density at radius 2 is 0.909 bits per heavy atom. The van der Waals surface area contributed by atoms with Crippen LogP contribution < -0.4 is 0 Å². The average Bonchev–Trinajstić information content (AvgIpc) is 1.58.